The topological polar surface area (TPSA) is 40.5 Å². The van der Waals surface area contributed by atoms with Crippen LogP contribution in [0.5, 0.6) is 0 Å². The van der Waals surface area contributed by atoms with Crippen molar-refractivity contribution in [3.63, 3.8) is 0 Å². The van der Waals surface area contributed by atoms with Gasteiger partial charge in [0.05, 0.1) is 6.10 Å². The minimum Gasteiger partial charge on any atom is -0.508 e. The predicted octanol–water partition coefficient (Wildman–Crippen LogP) is 1.62. The second kappa shape index (κ2) is 2.64. The summed E-state index contributed by atoms with van der Waals surface area (Å²) in [5.41, 5.74) is 1.66. The molecule has 0 aliphatic heterocycles. The Morgan fingerprint density at radius 2 is 2.25 bits per heavy atom. The van der Waals surface area contributed by atoms with Gasteiger partial charge in [0, 0.05) is 5.57 Å². The van der Waals surface area contributed by atoms with Gasteiger partial charge >= 0.3 is 0 Å². The van der Waals surface area contributed by atoms with E-state index in [1.807, 2.05) is 12.2 Å². The molecule has 0 aromatic rings. The van der Waals surface area contributed by atoms with Gasteiger partial charge in [-0.2, -0.15) is 0 Å². The summed E-state index contributed by atoms with van der Waals surface area (Å²) in [7, 11) is 0. The molecule has 0 amide bonds. The van der Waals surface area contributed by atoms with E-state index in [-0.39, 0.29) is 5.76 Å². The lowest BCUT2D eigenvalue weighted by atomic mass is 10.0. The van der Waals surface area contributed by atoms with Crippen LogP contribution < -0.4 is 0 Å². The van der Waals surface area contributed by atoms with Crippen LogP contribution in [0.4, 0.5) is 0 Å². The van der Waals surface area contributed by atoms with Crippen molar-refractivity contribution < 1.29 is 10.2 Å². The quantitative estimate of drug-likeness (QED) is 0.615. The van der Waals surface area contributed by atoms with Crippen LogP contribution in [0.25, 0.3) is 0 Å². The Morgan fingerprint density at radius 1 is 1.42 bits per heavy atom. The summed E-state index contributed by atoms with van der Waals surface area (Å²) in [6.45, 7) is 0. The molecule has 62 valence electrons. The zero-order valence-corrected chi connectivity index (χ0v) is 6.57. The fourth-order valence-electron chi connectivity index (χ4n) is 1.51. The molecular formula is C10H10O2. The third-order valence-corrected chi connectivity index (χ3v) is 2.14. The van der Waals surface area contributed by atoms with E-state index in [1.165, 1.54) is 0 Å². The predicted molar refractivity (Wildman–Crippen MR) is 46.6 cm³/mol. The molecule has 0 aromatic carbocycles. The summed E-state index contributed by atoms with van der Waals surface area (Å²) in [4.78, 5) is 0. The lowest BCUT2D eigenvalue weighted by Crippen LogP contribution is -2.05. The van der Waals surface area contributed by atoms with E-state index in [9.17, 15) is 10.2 Å². The second-order valence-electron chi connectivity index (χ2n) is 2.92. The SMILES string of the molecule is OC1=C(C2=CC=CC2O)CC=C1. The van der Waals surface area contributed by atoms with Crippen molar-refractivity contribution in [3.8, 4) is 0 Å². The molecule has 0 heterocycles. The Bertz CT molecular complexity index is 319. The molecule has 2 heteroatoms. The zero-order chi connectivity index (χ0) is 8.55. The number of aliphatic hydroxyl groups excluding tert-OH is 2. The number of allylic oxidation sites excluding steroid dienone is 4. The van der Waals surface area contributed by atoms with E-state index >= 15 is 0 Å². The van der Waals surface area contributed by atoms with Gasteiger partial charge in [0.25, 0.3) is 0 Å². The normalized spacial score (nSPS) is 27.1. The molecular weight excluding hydrogens is 152 g/mol. The minimum absolute atomic E-state index is 0.281. The molecule has 2 aliphatic rings. The standard InChI is InChI=1S/C10H10O2/c11-9-5-1-3-7(9)8-4-2-6-10(8)12/h1-3,5-6,9,11-12H,4H2. The third kappa shape index (κ3) is 1.01. The summed E-state index contributed by atoms with van der Waals surface area (Å²) in [5.74, 6) is 0.281. The van der Waals surface area contributed by atoms with E-state index in [4.69, 9.17) is 0 Å². The van der Waals surface area contributed by atoms with E-state index in [0.29, 0.717) is 0 Å². The fraction of sp³-hybridized carbons (Fsp3) is 0.200. The van der Waals surface area contributed by atoms with E-state index in [0.717, 1.165) is 17.6 Å². The molecule has 0 saturated carbocycles. The first-order valence-corrected chi connectivity index (χ1v) is 3.94. The zero-order valence-electron chi connectivity index (χ0n) is 6.57. The Kier molecular flexibility index (Phi) is 1.62. The lowest BCUT2D eigenvalue weighted by Gasteiger charge is -2.08. The van der Waals surface area contributed by atoms with Crippen molar-refractivity contribution >= 4 is 0 Å². The Morgan fingerprint density at radius 3 is 2.75 bits per heavy atom. The molecule has 2 aliphatic carbocycles. The van der Waals surface area contributed by atoms with Crippen LogP contribution >= 0.6 is 0 Å². The summed E-state index contributed by atoms with van der Waals surface area (Å²) in [6, 6.07) is 0. The number of aliphatic hydroxyl groups is 2. The van der Waals surface area contributed by atoms with Gasteiger partial charge in [-0.15, -0.1) is 0 Å². The molecule has 0 saturated heterocycles. The van der Waals surface area contributed by atoms with Crippen molar-refractivity contribution in [2.75, 3.05) is 0 Å². The molecule has 1 unspecified atom stereocenters. The third-order valence-electron chi connectivity index (χ3n) is 2.14. The molecule has 2 rings (SSSR count). The summed E-state index contributed by atoms with van der Waals surface area (Å²) < 4.78 is 0. The first-order chi connectivity index (χ1) is 5.79. The second-order valence-corrected chi connectivity index (χ2v) is 2.92. The van der Waals surface area contributed by atoms with Crippen LogP contribution in [-0.2, 0) is 0 Å². The van der Waals surface area contributed by atoms with Gasteiger partial charge in [0.1, 0.15) is 5.76 Å². The lowest BCUT2D eigenvalue weighted by molar-refractivity contribution is 0.262. The highest BCUT2D eigenvalue weighted by Crippen LogP contribution is 2.29. The molecule has 12 heavy (non-hydrogen) atoms. The van der Waals surface area contributed by atoms with Crippen molar-refractivity contribution in [1.29, 1.82) is 0 Å². The van der Waals surface area contributed by atoms with Gasteiger partial charge < -0.3 is 10.2 Å². The van der Waals surface area contributed by atoms with Gasteiger partial charge in [-0.1, -0.05) is 24.3 Å². The van der Waals surface area contributed by atoms with Crippen molar-refractivity contribution in [3.05, 3.63) is 47.3 Å². The number of hydrogen-bond donors (Lipinski definition) is 2. The number of hydrogen-bond acceptors (Lipinski definition) is 2. The molecule has 0 spiro atoms. The van der Waals surface area contributed by atoms with E-state index < -0.39 is 6.10 Å². The number of rotatable bonds is 1. The van der Waals surface area contributed by atoms with Crippen molar-refractivity contribution in [2.45, 2.75) is 12.5 Å². The largest absolute Gasteiger partial charge is 0.508 e. The molecule has 2 N–H and O–H groups in total. The fourth-order valence-corrected chi connectivity index (χ4v) is 1.51. The Labute approximate surface area is 70.8 Å². The maximum Gasteiger partial charge on any atom is 0.119 e. The molecule has 2 nitrogen and oxygen atoms in total. The van der Waals surface area contributed by atoms with Crippen molar-refractivity contribution in [1.82, 2.24) is 0 Å². The van der Waals surface area contributed by atoms with Gasteiger partial charge in [-0.3, -0.25) is 0 Å². The average molecular weight is 162 g/mol. The Balaban J connectivity index is 2.28. The van der Waals surface area contributed by atoms with E-state index in [2.05, 4.69) is 0 Å². The van der Waals surface area contributed by atoms with Gasteiger partial charge in [0.2, 0.25) is 0 Å². The van der Waals surface area contributed by atoms with E-state index in [1.54, 1.807) is 18.2 Å². The highest BCUT2D eigenvalue weighted by molar-refractivity contribution is 5.49. The summed E-state index contributed by atoms with van der Waals surface area (Å²) in [6.07, 6.45) is 9.08. The van der Waals surface area contributed by atoms with Gasteiger partial charge in [0.15, 0.2) is 0 Å². The molecule has 0 fully saturated rings. The molecule has 0 bridgehead atoms. The monoisotopic (exact) mass is 162 g/mol. The minimum atomic E-state index is -0.540. The molecule has 0 aromatic heterocycles. The Hall–Kier alpha value is -1.28. The first-order valence-electron chi connectivity index (χ1n) is 3.94. The van der Waals surface area contributed by atoms with Crippen LogP contribution in [0.15, 0.2) is 47.3 Å². The smallest absolute Gasteiger partial charge is 0.119 e. The van der Waals surface area contributed by atoms with Gasteiger partial charge in [-0.25, -0.2) is 0 Å². The maximum atomic E-state index is 9.44. The average Bonchev–Trinajstić information content (AvgIpc) is 2.59. The van der Waals surface area contributed by atoms with Crippen LogP contribution in [0, 0.1) is 0 Å². The summed E-state index contributed by atoms with van der Waals surface area (Å²) >= 11 is 0. The highest BCUT2D eigenvalue weighted by Gasteiger charge is 2.19. The highest BCUT2D eigenvalue weighted by atomic mass is 16.3. The first kappa shape index (κ1) is 7.37. The van der Waals surface area contributed by atoms with Crippen LogP contribution in [0.1, 0.15) is 6.42 Å². The van der Waals surface area contributed by atoms with Crippen LogP contribution in [-0.4, -0.2) is 16.3 Å². The summed E-state index contributed by atoms with van der Waals surface area (Å²) in [5, 5.41) is 18.8. The van der Waals surface area contributed by atoms with Gasteiger partial charge in [-0.05, 0) is 18.1 Å². The van der Waals surface area contributed by atoms with Crippen LogP contribution in [0.3, 0.4) is 0 Å². The molecule has 1 atom stereocenters. The maximum absolute atomic E-state index is 9.44. The van der Waals surface area contributed by atoms with Crippen LogP contribution in [0.2, 0.25) is 0 Å². The molecule has 0 radical (unpaired) electrons. The van der Waals surface area contributed by atoms with Crippen molar-refractivity contribution in [2.24, 2.45) is 0 Å².